The first-order valence-corrected chi connectivity index (χ1v) is 13.4. The Bertz CT molecular complexity index is 1130. The van der Waals surface area contributed by atoms with Crippen LogP contribution in [0.15, 0.2) is 28.7 Å². The summed E-state index contributed by atoms with van der Waals surface area (Å²) in [5, 5.41) is 0.715. The van der Waals surface area contributed by atoms with Crippen molar-refractivity contribution < 1.29 is 18.7 Å². The minimum atomic E-state index is -0.151. The second kappa shape index (κ2) is 12.3. The van der Waals surface area contributed by atoms with E-state index >= 15 is 0 Å². The third-order valence-electron chi connectivity index (χ3n) is 5.01. The van der Waals surface area contributed by atoms with Crippen molar-refractivity contribution in [1.29, 1.82) is 0 Å². The number of rotatable bonds is 12. The zero-order valence-electron chi connectivity index (χ0n) is 19.5. The maximum atomic E-state index is 12.4. The summed E-state index contributed by atoms with van der Waals surface area (Å²) in [6.07, 6.45) is 0. The van der Waals surface area contributed by atoms with Crippen LogP contribution in [0, 0.1) is 0 Å². The van der Waals surface area contributed by atoms with Crippen molar-refractivity contribution in [2.24, 2.45) is 0 Å². The number of halogens is 1. The van der Waals surface area contributed by atoms with Gasteiger partial charge in [0.25, 0.3) is 5.91 Å². The Balaban J connectivity index is 1.46. The van der Waals surface area contributed by atoms with Crippen molar-refractivity contribution in [2.45, 2.75) is 5.88 Å². The third-order valence-corrected chi connectivity index (χ3v) is 7.64. The molecule has 0 aliphatic carbocycles. The van der Waals surface area contributed by atoms with Gasteiger partial charge in [-0.25, -0.2) is 4.98 Å². The van der Waals surface area contributed by atoms with E-state index in [4.69, 9.17) is 31.2 Å². The number of furan rings is 1. The molecule has 34 heavy (non-hydrogen) atoms. The normalized spacial score (nSPS) is 11.0. The van der Waals surface area contributed by atoms with Crippen LogP contribution in [-0.4, -0.2) is 73.7 Å². The van der Waals surface area contributed by atoms with Gasteiger partial charge in [0, 0.05) is 50.1 Å². The van der Waals surface area contributed by atoms with Crippen molar-refractivity contribution in [1.82, 2.24) is 14.9 Å². The molecular weight excluding hydrogens is 498 g/mol. The molecule has 3 aromatic rings. The highest BCUT2D eigenvalue weighted by Gasteiger charge is 2.16. The largest absolute Gasteiger partial charge is 0.493 e. The predicted molar refractivity (Wildman–Crippen MR) is 140 cm³/mol. The van der Waals surface area contributed by atoms with Crippen molar-refractivity contribution in [2.75, 3.05) is 63.5 Å². The first-order chi connectivity index (χ1) is 16.4. The summed E-state index contributed by atoms with van der Waals surface area (Å²) >= 11 is 5.72. The molecule has 0 atom stereocenters. The Kier molecular flexibility index (Phi) is 9.43. The third kappa shape index (κ3) is 6.34. The number of carbonyl (C=O) groups is 1. The van der Waals surface area contributed by atoms with Crippen LogP contribution >= 0.6 is 33.2 Å². The number of hydrogen-bond donors (Lipinski definition) is 1. The van der Waals surface area contributed by atoms with E-state index in [1.165, 1.54) is 0 Å². The Morgan fingerprint density at radius 2 is 1.76 bits per heavy atom. The second-order valence-electron chi connectivity index (χ2n) is 7.32. The summed E-state index contributed by atoms with van der Waals surface area (Å²) in [7, 11) is 10.3. The lowest BCUT2D eigenvalue weighted by atomic mass is 10.2. The molecule has 0 aliphatic heterocycles. The molecule has 1 amide bonds. The van der Waals surface area contributed by atoms with Crippen LogP contribution < -0.4 is 20.1 Å². The van der Waals surface area contributed by atoms with Crippen LogP contribution in [0.5, 0.6) is 11.5 Å². The molecular formula is C22H28ClN5O4S2. The van der Waals surface area contributed by atoms with Gasteiger partial charge in [0.05, 0.1) is 25.6 Å². The number of nitrogens with zero attached hydrogens (tertiary/aromatic N) is 4. The average Bonchev–Trinajstić information content (AvgIpc) is 3.33. The molecule has 2 aromatic heterocycles. The van der Waals surface area contributed by atoms with Gasteiger partial charge in [0.1, 0.15) is 11.6 Å². The van der Waals surface area contributed by atoms with E-state index in [0.717, 1.165) is 18.1 Å². The van der Waals surface area contributed by atoms with E-state index < -0.39 is 0 Å². The van der Waals surface area contributed by atoms with E-state index in [9.17, 15) is 4.79 Å². The monoisotopic (exact) mass is 525 g/mol. The van der Waals surface area contributed by atoms with Crippen molar-refractivity contribution in [3.8, 4) is 11.5 Å². The number of fused-ring (bicyclic) bond motifs is 1. The SMILES string of the molecule is COc1cc2nc(N(C)CCSSCCN(C)C(=O)c3ccc(CCl)o3)nc(N)c2cc1OC. The Hall–Kier alpha value is -2.50. The predicted octanol–water partition coefficient (Wildman–Crippen LogP) is 4.15. The smallest absolute Gasteiger partial charge is 0.289 e. The van der Waals surface area contributed by atoms with E-state index in [-0.39, 0.29) is 11.8 Å². The van der Waals surface area contributed by atoms with Gasteiger partial charge in [-0.1, -0.05) is 21.6 Å². The quantitative estimate of drug-likeness (QED) is 0.210. The Morgan fingerprint density at radius 1 is 1.09 bits per heavy atom. The summed E-state index contributed by atoms with van der Waals surface area (Å²) in [4.78, 5) is 25.0. The maximum Gasteiger partial charge on any atom is 0.289 e. The van der Waals surface area contributed by atoms with E-state index in [1.54, 1.807) is 72.0 Å². The van der Waals surface area contributed by atoms with Gasteiger partial charge < -0.3 is 29.4 Å². The second-order valence-corrected chi connectivity index (χ2v) is 10.3. The molecule has 0 fully saturated rings. The average molecular weight is 526 g/mol. The fourth-order valence-corrected chi connectivity index (χ4v) is 5.29. The molecule has 0 bridgehead atoms. The van der Waals surface area contributed by atoms with Crippen LogP contribution in [-0.2, 0) is 5.88 Å². The summed E-state index contributed by atoms with van der Waals surface area (Å²) in [6, 6.07) is 6.95. The molecule has 0 unspecified atom stereocenters. The fraction of sp³-hybridized carbons (Fsp3) is 0.409. The zero-order chi connectivity index (χ0) is 24.7. The minimum absolute atomic E-state index is 0.151. The fourth-order valence-electron chi connectivity index (χ4n) is 3.06. The van der Waals surface area contributed by atoms with Crippen molar-refractivity contribution in [3.05, 3.63) is 35.8 Å². The molecule has 3 rings (SSSR count). The Labute approximate surface area is 211 Å². The molecule has 0 radical (unpaired) electrons. The van der Waals surface area contributed by atoms with Crippen LogP contribution in [0.1, 0.15) is 16.3 Å². The van der Waals surface area contributed by atoms with E-state index in [2.05, 4.69) is 9.97 Å². The van der Waals surface area contributed by atoms with Crippen molar-refractivity contribution >= 4 is 61.8 Å². The summed E-state index contributed by atoms with van der Waals surface area (Å²) in [5.41, 5.74) is 6.87. The molecule has 2 N–H and O–H groups in total. The molecule has 1 aromatic carbocycles. The van der Waals surface area contributed by atoms with Gasteiger partial charge >= 0.3 is 0 Å². The molecule has 0 saturated carbocycles. The van der Waals surface area contributed by atoms with E-state index in [0.29, 0.717) is 52.2 Å². The number of ether oxygens (including phenoxy) is 2. The highest BCUT2D eigenvalue weighted by Crippen LogP contribution is 2.34. The molecule has 184 valence electrons. The summed E-state index contributed by atoms with van der Waals surface area (Å²) in [5.74, 6) is 4.73. The summed E-state index contributed by atoms with van der Waals surface area (Å²) < 4.78 is 16.1. The van der Waals surface area contributed by atoms with Gasteiger partial charge in [0.2, 0.25) is 5.95 Å². The number of aromatic nitrogens is 2. The van der Waals surface area contributed by atoms with Crippen LogP contribution in [0.2, 0.25) is 0 Å². The van der Waals surface area contributed by atoms with Gasteiger partial charge in [-0.3, -0.25) is 4.79 Å². The standard InChI is InChI=1S/C22H28ClN5O4S2/c1-27(21(29)17-6-5-14(13-23)32-17)7-9-33-34-10-8-28(2)22-25-16-12-19(31-4)18(30-3)11-15(16)20(24)26-22/h5-6,11-12H,7-10,13H2,1-4H3,(H2,24,25,26). The summed E-state index contributed by atoms with van der Waals surface area (Å²) in [6.45, 7) is 1.34. The molecule has 9 nitrogen and oxygen atoms in total. The number of alkyl halides is 1. The lowest BCUT2D eigenvalue weighted by molar-refractivity contribution is 0.0771. The number of carbonyl (C=O) groups excluding carboxylic acids is 1. The highest BCUT2D eigenvalue weighted by molar-refractivity contribution is 8.76. The van der Waals surface area contributed by atoms with Gasteiger partial charge in [-0.15, -0.1) is 11.6 Å². The first-order valence-electron chi connectivity index (χ1n) is 10.4. The number of nitrogen functional groups attached to an aromatic ring is 1. The number of amides is 1. The lowest BCUT2D eigenvalue weighted by Gasteiger charge is -2.18. The molecule has 0 spiro atoms. The topological polar surface area (TPSA) is 107 Å². The molecule has 12 heteroatoms. The first kappa shape index (κ1) is 26.1. The maximum absolute atomic E-state index is 12.4. The number of hydrogen-bond acceptors (Lipinski definition) is 10. The number of methoxy groups -OCH3 is 2. The van der Waals surface area contributed by atoms with Crippen LogP contribution in [0.25, 0.3) is 10.9 Å². The van der Waals surface area contributed by atoms with Gasteiger partial charge in [-0.05, 0) is 18.2 Å². The molecule has 0 saturated heterocycles. The van der Waals surface area contributed by atoms with Crippen molar-refractivity contribution in [3.63, 3.8) is 0 Å². The highest BCUT2D eigenvalue weighted by atomic mass is 35.5. The minimum Gasteiger partial charge on any atom is -0.493 e. The lowest BCUT2D eigenvalue weighted by Crippen LogP contribution is -2.28. The van der Waals surface area contributed by atoms with E-state index in [1.807, 2.05) is 11.9 Å². The number of nitrogens with two attached hydrogens (primary N) is 1. The zero-order valence-corrected chi connectivity index (χ0v) is 21.9. The van der Waals surface area contributed by atoms with Crippen LogP contribution in [0.3, 0.4) is 0 Å². The molecule has 2 heterocycles. The Morgan fingerprint density at radius 3 is 2.41 bits per heavy atom. The van der Waals surface area contributed by atoms with Crippen LogP contribution in [0.4, 0.5) is 11.8 Å². The van der Waals surface area contributed by atoms with Gasteiger partial charge in [0.15, 0.2) is 17.3 Å². The van der Waals surface area contributed by atoms with Gasteiger partial charge in [-0.2, -0.15) is 4.98 Å². The number of benzene rings is 1. The molecule has 0 aliphatic rings. The number of anilines is 2.